The molecule has 0 saturated heterocycles. The number of methoxy groups -OCH3 is 2. The first-order chi connectivity index (χ1) is 11.4. The second-order valence-corrected chi connectivity index (χ2v) is 5.39. The Hall–Kier alpha value is -1.99. The van der Waals surface area contributed by atoms with E-state index in [9.17, 15) is 14.4 Å². The molecule has 0 radical (unpaired) electrons. The summed E-state index contributed by atoms with van der Waals surface area (Å²) in [5, 5.41) is 2.83. The summed E-state index contributed by atoms with van der Waals surface area (Å²) in [4.78, 5) is 34.3. The van der Waals surface area contributed by atoms with Crippen LogP contribution in [-0.4, -0.2) is 45.2 Å². The molecule has 0 fully saturated rings. The monoisotopic (exact) mass is 377 g/mol. The lowest BCUT2D eigenvalue weighted by Crippen LogP contribution is -2.29. The Morgan fingerprint density at radius 1 is 1.12 bits per heavy atom. The maximum Gasteiger partial charge on any atom is 0.338 e. The topological polar surface area (TPSA) is 90.9 Å². The molecule has 1 aromatic rings. The van der Waals surface area contributed by atoms with Crippen LogP contribution >= 0.6 is 23.2 Å². The summed E-state index contributed by atoms with van der Waals surface area (Å²) >= 11 is 11.9. The highest BCUT2D eigenvalue weighted by Gasteiger charge is 2.15. The summed E-state index contributed by atoms with van der Waals surface area (Å²) in [5.74, 6) is -1.34. The predicted molar refractivity (Wildman–Crippen MR) is 87.6 cm³/mol. The number of halogens is 2. The van der Waals surface area contributed by atoms with Crippen LogP contribution in [0.2, 0.25) is 10.0 Å². The quantitative estimate of drug-likeness (QED) is 0.551. The van der Waals surface area contributed by atoms with Crippen molar-refractivity contribution in [1.82, 2.24) is 5.32 Å². The molecule has 0 saturated carbocycles. The van der Waals surface area contributed by atoms with E-state index in [-0.39, 0.29) is 40.3 Å². The number of hydrogen-bond acceptors (Lipinski definition) is 6. The molecule has 0 spiro atoms. The van der Waals surface area contributed by atoms with Crippen LogP contribution in [0.25, 0.3) is 0 Å². The predicted octanol–water partition coefficient (Wildman–Crippen LogP) is 2.23. The standard InChI is InChI=1S/C15H17Cl2NO6/c1-22-13(20)4-3-5-18-12(19)8-24-15(21)9-6-10(16)14(23-2)11(17)7-9/h6-7H,3-5,8H2,1-2H3,(H,18,19). The van der Waals surface area contributed by atoms with Crippen LogP contribution in [0, 0.1) is 0 Å². The van der Waals surface area contributed by atoms with E-state index < -0.39 is 18.5 Å². The Labute approximate surface area is 149 Å². The van der Waals surface area contributed by atoms with Gasteiger partial charge >= 0.3 is 11.9 Å². The molecule has 0 aliphatic rings. The van der Waals surface area contributed by atoms with Gasteiger partial charge in [-0.2, -0.15) is 0 Å². The number of nitrogens with one attached hydrogen (secondary N) is 1. The summed E-state index contributed by atoms with van der Waals surface area (Å²) in [6.07, 6.45) is 0.621. The molecule has 0 bridgehead atoms. The fraction of sp³-hybridized carbons (Fsp3) is 0.400. The molecule has 0 aliphatic heterocycles. The number of hydrogen-bond donors (Lipinski definition) is 1. The Balaban J connectivity index is 2.43. The van der Waals surface area contributed by atoms with Gasteiger partial charge in [0.2, 0.25) is 0 Å². The van der Waals surface area contributed by atoms with E-state index >= 15 is 0 Å². The first-order valence-corrected chi connectivity index (χ1v) is 7.68. The number of carbonyl (C=O) groups is 3. The van der Waals surface area contributed by atoms with Gasteiger partial charge in [0.25, 0.3) is 5.91 Å². The molecule has 132 valence electrons. The van der Waals surface area contributed by atoms with Crippen LogP contribution in [0.3, 0.4) is 0 Å². The lowest BCUT2D eigenvalue weighted by Gasteiger charge is -2.09. The van der Waals surface area contributed by atoms with Crippen LogP contribution in [-0.2, 0) is 19.1 Å². The van der Waals surface area contributed by atoms with Gasteiger partial charge in [0, 0.05) is 13.0 Å². The van der Waals surface area contributed by atoms with E-state index in [2.05, 4.69) is 10.1 Å². The third kappa shape index (κ3) is 6.25. The third-order valence-corrected chi connectivity index (χ3v) is 3.44. The number of esters is 2. The van der Waals surface area contributed by atoms with Crippen molar-refractivity contribution in [3.8, 4) is 5.75 Å². The van der Waals surface area contributed by atoms with Crippen molar-refractivity contribution in [2.24, 2.45) is 0 Å². The SMILES string of the molecule is COC(=O)CCCNC(=O)COC(=O)c1cc(Cl)c(OC)c(Cl)c1. The molecule has 1 rings (SSSR count). The maximum atomic E-state index is 11.9. The van der Waals surface area contributed by atoms with Gasteiger partial charge in [0.1, 0.15) is 0 Å². The molecule has 7 nitrogen and oxygen atoms in total. The number of ether oxygens (including phenoxy) is 3. The fourth-order valence-corrected chi connectivity index (χ4v) is 2.34. The highest BCUT2D eigenvalue weighted by molar-refractivity contribution is 6.37. The van der Waals surface area contributed by atoms with Gasteiger partial charge in [-0.1, -0.05) is 23.2 Å². The highest BCUT2D eigenvalue weighted by atomic mass is 35.5. The van der Waals surface area contributed by atoms with Gasteiger partial charge < -0.3 is 19.5 Å². The third-order valence-electron chi connectivity index (χ3n) is 2.88. The van der Waals surface area contributed by atoms with Crippen molar-refractivity contribution >= 4 is 41.0 Å². The molecule has 0 atom stereocenters. The van der Waals surface area contributed by atoms with Crippen molar-refractivity contribution in [3.63, 3.8) is 0 Å². The van der Waals surface area contributed by atoms with Crippen molar-refractivity contribution in [2.75, 3.05) is 27.4 Å². The second-order valence-electron chi connectivity index (χ2n) is 4.58. The average Bonchev–Trinajstić information content (AvgIpc) is 2.55. The molecule has 24 heavy (non-hydrogen) atoms. The van der Waals surface area contributed by atoms with Crippen LogP contribution in [0.4, 0.5) is 0 Å². The molecule has 0 heterocycles. The van der Waals surface area contributed by atoms with Gasteiger partial charge in [-0.05, 0) is 18.6 Å². The summed E-state index contributed by atoms with van der Waals surface area (Å²) < 4.78 is 14.3. The number of rotatable bonds is 8. The molecular formula is C15H17Cl2NO6. The van der Waals surface area contributed by atoms with Crippen molar-refractivity contribution in [3.05, 3.63) is 27.7 Å². The maximum absolute atomic E-state index is 11.9. The molecule has 0 aromatic heterocycles. The molecular weight excluding hydrogens is 361 g/mol. The van der Waals surface area contributed by atoms with E-state index in [1.54, 1.807) is 0 Å². The average molecular weight is 378 g/mol. The van der Waals surface area contributed by atoms with Gasteiger partial charge in [-0.15, -0.1) is 0 Å². The normalized spacial score (nSPS) is 10.0. The van der Waals surface area contributed by atoms with Crippen LogP contribution in [0.1, 0.15) is 23.2 Å². The van der Waals surface area contributed by atoms with E-state index in [0.29, 0.717) is 6.42 Å². The minimum atomic E-state index is -0.744. The van der Waals surface area contributed by atoms with Crippen molar-refractivity contribution in [1.29, 1.82) is 0 Å². The van der Waals surface area contributed by atoms with Gasteiger partial charge in [0.15, 0.2) is 12.4 Å². The Bertz CT molecular complexity index is 597. The van der Waals surface area contributed by atoms with Crippen LogP contribution in [0.5, 0.6) is 5.75 Å². The minimum Gasteiger partial charge on any atom is -0.494 e. The summed E-state index contributed by atoms with van der Waals surface area (Å²) in [5.41, 5.74) is 0.101. The first-order valence-electron chi connectivity index (χ1n) is 6.92. The van der Waals surface area contributed by atoms with Gasteiger partial charge in [-0.25, -0.2) is 4.79 Å². The van der Waals surface area contributed by atoms with Gasteiger partial charge in [-0.3, -0.25) is 9.59 Å². The largest absolute Gasteiger partial charge is 0.494 e. The van der Waals surface area contributed by atoms with E-state index in [1.165, 1.54) is 26.4 Å². The number of carbonyl (C=O) groups excluding carboxylic acids is 3. The van der Waals surface area contributed by atoms with Crippen LogP contribution < -0.4 is 10.1 Å². The van der Waals surface area contributed by atoms with Crippen molar-refractivity contribution in [2.45, 2.75) is 12.8 Å². The molecule has 1 amide bonds. The smallest absolute Gasteiger partial charge is 0.338 e. The minimum absolute atomic E-state index is 0.101. The lowest BCUT2D eigenvalue weighted by atomic mass is 10.2. The zero-order valence-electron chi connectivity index (χ0n) is 13.2. The zero-order valence-corrected chi connectivity index (χ0v) is 14.7. The summed E-state index contributed by atoms with van der Waals surface area (Å²) in [7, 11) is 2.69. The van der Waals surface area contributed by atoms with Gasteiger partial charge in [0.05, 0.1) is 29.8 Å². The molecule has 1 aromatic carbocycles. The summed E-state index contributed by atoms with van der Waals surface area (Å²) in [6, 6.07) is 2.67. The Kier molecular flexibility index (Phi) is 8.35. The van der Waals surface area contributed by atoms with Crippen molar-refractivity contribution < 1.29 is 28.6 Å². The molecule has 0 unspecified atom stereocenters. The number of benzene rings is 1. The zero-order chi connectivity index (χ0) is 18.1. The van der Waals surface area contributed by atoms with Crippen LogP contribution in [0.15, 0.2) is 12.1 Å². The highest BCUT2D eigenvalue weighted by Crippen LogP contribution is 2.33. The Morgan fingerprint density at radius 3 is 2.29 bits per heavy atom. The fourth-order valence-electron chi connectivity index (χ4n) is 1.70. The molecule has 9 heteroatoms. The summed E-state index contributed by atoms with van der Waals surface area (Å²) in [6.45, 7) is -0.190. The lowest BCUT2D eigenvalue weighted by molar-refractivity contribution is -0.140. The van der Waals surface area contributed by atoms with E-state index in [1.807, 2.05) is 0 Å². The Morgan fingerprint density at radius 2 is 1.75 bits per heavy atom. The van der Waals surface area contributed by atoms with E-state index in [4.69, 9.17) is 32.7 Å². The van der Waals surface area contributed by atoms with E-state index in [0.717, 1.165) is 0 Å². The first kappa shape index (κ1) is 20.1. The second kappa shape index (κ2) is 10.00. The molecule has 1 N–H and O–H groups in total. The molecule has 0 aliphatic carbocycles. The number of amides is 1.